The molecule has 0 spiro atoms. The number of aromatic nitrogens is 1. The molecule has 6 heteroatoms. The molecule has 0 fully saturated rings. The van der Waals surface area contributed by atoms with Gasteiger partial charge < -0.3 is 4.57 Å². The van der Waals surface area contributed by atoms with E-state index in [1.807, 2.05) is 6.07 Å². The van der Waals surface area contributed by atoms with Crippen LogP contribution in [0.2, 0.25) is 5.02 Å². The summed E-state index contributed by atoms with van der Waals surface area (Å²) in [5.74, 6) is 0. The second kappa shape index (κ2) is 5.64. The molecule has 0 atom stereocenters. The summed E-state index contributed by atoms with van der Waals surface area (Å²) in [5, 5.41) is 9.57. The normalized spacial score (nSPS) is 11.6. The van der Waals surface area contributed by atoms with E-state index in [-0.39, 0.29) is 11.6 Å². The Balaban J connectivity index is 2.06. The summed E-state index contributed by atoms with van der Waals surface area (Å²) in [6.45, 7) is 0.196. The summed E-state index contributed by atoms with van der Waals surface area (Å²) in [5.41, 5.74) is 0.834. The summed E-state index contributed by atoms with van der Waals surface area (Å²) >= 11 is 5.93. The lowest BCUT2D eigenvalue weighted by atomic mass is 10.1. The van der Waals surface area contributed by atoms with Gasteiger partial charge >= 0.3 is 6.18 Å². The number of fused-ring (bicyclic) bond motifs is 1. The summed E-state index contributed by atoms with van der Waals surface area (Å²) in [6, 6.07) is 13.0. The van der Waals surface area contributed by atoms with Crippen molar-refractivity contribution < 1.29 is 13.2 Å². The summed E-state index contributed by atoms with van der Waals surface area (Å²) in [7, 11) is 0. The van der Waals surface area contributed by atoms with E-state index in [0.717, 1.165) is 17.0 Å². The Morgan fingerprint density at radius 1 is 1.09 bits per heavy atom. The molecule has 23 heavy (non-hydrogen) atoms. The molecule has 0 unspecified atom stereocenters. The number of hydrogen-bond donors (Lipinski definition) is 0. The Kier molecular flexibility index (Phi) is 3.78. The molecule has 0 bridgehead atoms. The molecule has 116 valence electrons. The molecule has 2 aromatic carbocycles. The topological polar surface area (TPSA) is 28.7 Å². The summed E-state index contributed by atoms with van der Waals surface area (Å²) in [4.78, 5) is 0. The molecule has 3 aromatic rings. The zero-order valence-corrected chi connectivity index (χ0v) is 12.5. The number of rotatable bonds is 2. The van der Waals surface area contributed by atoms with Crippen molar-refractivity contribution in [2.45, 2.75) is 12.7 Å². The molecule has 0 aliphatic carbocycles. The minimum Gasteiger partial charge on any atom is -0.343 e. The second-order valence-electron chi connectivity index (χ2n) is 5.07. The highest BCUT2D eigenvalue weighted by Crippen LogP contribution is 2.36. The van der Waals surface area contributed by atoms with E-state index in [4.69, 9.17) is 16.9 Å². The second-order valence-corrected chi connectivity index (χ2v) is 5.45. The molecule has 0 saturated heterocycles. The number of nitrogens with zero attached hydrogens (tertiary/aromatic N) is 2. The van der Waals surface area contributed by atoms with Crippen LogP contribution in [0.5, 0.6) is 0 Å². The Morgan fingerprint density at radius 3 is 2.52 bits per heavy atom. The van der Waals surface area contributed by atoms with Crippen LogP contribution in [0.1, 0.15) is 16.7 Å². The van der Waals surface area contributed by atoms with Gasteiger partial charge in [0.15, 0.2) is 0 Å². The van der Waals surface area contributed by atoms with E-state index in [1.165, 1.54) is 6.07 Å². The highest BCUT2D eigenvalue weighted by molar-refractivity contribution is 6.32. The Hall–Kier alpha value is -2.45. The zero-order chi connectivity index (χ0) is 16.6. The lowest BCUT2D eigenvalue weighted by Gasteiger charge is -2.13. The van der Waals surface area contributed by atoms with Crippen LogP contribution in [-0.4, -0.2) is 4.57 Å². The zero-order valence-electron chi connectivity index (χ0n) is 11.7. The van der Waals surface area contributed by atoms with Gasteiger partial charge in [-0.15, -0.1) is 0 Å². The highest BCUT2D eigenvalue weighted by Gasteiger charge is 2.33. The van der Waals surface area contributed by atoms with Crippen LogP contribution in [0.3, 0.4) is 0 Å². The van der Waals surface area contributed by atoms with Crippen LogP contribution in [-0.2, 0) is 12.7 Å². The van der Waals surface area contributed by atoms with Gasteiger partial charge in [0, 0.05) is 23.6 Å². The van der Waals surface area contributed by atoms with Gasteiger partial charge in [-0.3, -0.25) is 0 Å². The first-order chi connectivity index (χ1) is 10.9. The highest BCUT2D eigenvalue weighted by atomic mass is 35.5. The van der Waals surface area contributed by atoms with Crippen LogP contribution in [0.25, 0.3) is 10.9 Å². The van der Waals surface area contributed by atoms with Gasteiger partial charge in [0.05, 0.1) is 22.2 Å². The van der Waals surface area contributed by atoms with Gasteiger partial charge in [0.2, 0.25) is 0 Å². The van der Waals surface area contributed by atoms with Crippen molar-refractivity contribution in [2.75, 3.05) is 0 Å². The van der Waals surface area contributed by atoms with Gasteiger partial charge in [0.1, 0.15) is 0 Å². The van der Waals surface area contributed by atoms with Crippen molar-refractivity contribution in [2.24, 2.45) is 0 Å². The average Bonchev–Trinajstić information content (AvgIpc) is 2.91. The van der Waals surface area contributed by atoms with Crippen LogP contribution >= 0.6 is 11.6 Å². The molecule has 1 heterocycles. The van der Waals surface area contributed by atoms with Crippen molar-refractivity contribution in [1.82, 2.24) is 4.57 Å². The molecule has 0 saturated carbocycles. The smallest absolute Gasteiger partial charge is 0.343 e. The fourth-order valence-electron chi connectivity index (χ4n) is 2.56. The quantitative estimate of drug-likeness (QED) is 0.630. The van der Waals surface area contributed by atoms with Gasteiger partial charge in [-0.1, -0.05) is 29.8 Å². The first-order valence-electron chi connectivity index (χ1n) is 6.74. The van der Waals surface area contributed by atoms with E-state index < -0.39 is 11.7 Å². The number of alkyl halides is 3. The third kappa shape index (κ3) is 2.78. The van der Waals surface area contributed by atoms with E-state index in [1.54, 1.807) is 35.0 Å². The van der Waals surface area contributed by atoms with Gasteiger partial charge in [-0.05, 0) is 29.8 Å². The molecule has 0 amide bonds. The van der Waals surface area contributed by atoms with Crippen LogP contribution in [0.15, 0.2) is 48.7 Å². The number of benzene rings is 2. The average molecular weight is 335 g/mol. The number of nitriles is 1. The fourth-order valence-corrected chi connectivity index (χ4v) is 2.86. The van der Waals surface area contributed by atoms with Gasteiger partial charge in [0.25, 0.3) is 0 Å². The first-order valence-corrected chi connectivity index (χ1v) is 7.12. The van der Waals surface area contributed by atoms with E-state index in [9.17, 15) is 13.2 Å². The summed E-state index contributed by atoms with van der Waals surface area (Å²) < 4.78 is 40.6. The molecule has 0 N–H and O–H groups in total. The predicted molar refractivity (Wildman–Crippen MR) is 82.2 cm³/mol. The maximum atomic E-state index is 12.9. The van der Waals surface area contributed by atoms with Gasteiger partial charge in [-0.25, -0.2) is 0 Å². The lowest BCUT2D eigenvalue weighted by Crippen LogP contribution is -2.08. The van der Waals surface area contributed by atoms with Crippen molar-refractivity contribution in [1.29, 1.82) is 5.26 Å². The van der Waals surface area contributed by atoms with Crippen molar-refractivity contribution in [3.05, 3.63) is 70.4 Å². The Morgan fingerprint density at radius 2 is 1.83 bits per heavy atom. The minimum absolute atomic E-state index is 0.196. The SMILES string of the molecule is N#Cc1cccc2c1ccn2Cc1cccc(C(F)(F)F)c1Cl. The van der Waals surface area contributed by atoms with Crippen molar-refractivity contribution in [3.63, 3.8) is 0 Å². The van der Waals surface area contributed by atoms with Crippen LogP contribution in [0, 0.1) is 11.3 Å². The maximum Gasteiger partial charge on any atom is 0.417 e. The molecule has 0 radical (unpaired) electrons. The maximum absolute atomic E-state index is 12.9. The fraction of sp³-hybridized carbons (Fsp3) is 0.118. The summed E-state index contributed by atoms with van der Waals surface area (Å²) in [6.07, 6.45) is -2.75. The molecule has 2 nitrogen and oxygen atoms in total. The third-order valence-corrected chi connectivity index (χ3v) is 4.11. The lowest BCUT2D eigenvalue weighted by molar-refractivity contribution is -0.137. The number of hydrogen-bond acceptors (Lipinski definition) is 1. The van der Waals surface area contributed by atoms with Gasteiger partial charge in [-0.2, -0.15) is 18.4 Å². The standard InChI is InChI=1S/C17H10ClF3N2/c18-16-12(4-1-5-14(16)17(19,20)21)10-23-8-7-13-11(9-22)3-2-6-15(13)23/h1-8H,10H2. The first kappa shape index (κ1) is 15.4. The van der Waals surface area contributed by atoms with Crippen molar-refractivity contribution >= 4 is 22.5 Å². The number of halogens is 4. The van der Waals surface area contributed by atoms with Crippen LogP contribution < -0.4 is 0 Å². The molecule has 0 aliphatic rings. The predicted octanol–water partition coefficient (Wildman–Crippen LogP) is 5.23. The minimum atomic E-state index is -4.49. The molecule has 0 aliphatic heterocycles. The third-order valence-electron chi connectivity index (χ3n) is 3.66. The van der Waals surface area contributed by atoms with E-state index >= 15 is 0 Å². The molecule has 1 aromatic heterocycles. The van der Waals surface area contributed by atoms with E-state index in [2.05, 4.69) is 6.07 Å². The molecule has 3 rings (SSSR count). The largest absolute Gasteiger partial charge is 0.417 e. The molecular formula is C17H10ClF3N2. The molecular weight excluding hydrogens is 325 g/mol. The monoisotopic (exact) mass is 334 g/mol. The Bertz CT molecular complexity index is 920. The van der Waals surface area contributed by atoms with E-state index in [0.29, 0.717) is 11.1 Å². The van der Waals surface area contributed by atoms with Crippen LogP contribution in [0.4, 0.5) is 13.2 Å². The van der Waals surface area contributed by atoms with Crippen molar-refractivity contribution in [3.8, 4) is 6.07 Å². The Labute approximate surface area is 135 Å².